The second-order valence-electron chi connectivity index (χ2n) is 12.0. The van der Waals surface area contributed by atoms with Gasteiger partial charge in [0.25, 0.3) is 0 Å². The minimum atomic E-state index is -0.917. The van der Waals surface area contributed by atoms with Crippen molar-refractivity contribution in [1.82, 2.24) is 0 Å². The normalized spacial score (nSPS) is 23.3. The topological polar surface area (TPSA) is 183 Å². The summed E-state index contributed by atoms with van der Waals surface area (Å²) in [6.45, 7) is 6.59. The van der Waals surface area contributed by atoms with Crippen molar-refractivity contribution in [3.8, 4) is 56.8 Å². The first kappa shape index (κ1) is 35.1. The first-order chi connectivity index (χ1) is 24.4. The first-order valence-corrected chi connectivity index (χ1v) is 16.1. The Morgan fingerprint density at radius 1 is 0.529 bits per heavy atom. The van der Waals surface area contributed by atoms with Gasteiger partial charge < -0.3 is 43.4 Å². The van der Waals surface area contributed by atoms with Gasteiger partial charge in [-0.25, -0.2) is 14.4 Å². The standard InChI is InChI=1S/C38H34O13/c1-19-27(45-19)13-16-30(42)49-36-34(24-7-11-26(41)12-8-24)38(51-32(44)18-15-29-21(3)47-29)37(50-31(43)17-14-28-20(2)46-28)33(35(36)48-22(4)39)23-5-9-25(40)10-6-23/h5-21,27-29,40-41H,1-4H3/b16-13-,17-14-,18-15-/t19-,20-,21-,27+,28+,29+/m0/s1. The summed E-state index contributed by atoms with van der Waals surface area (Å²) in [6, 6.07) is 11.0. The van der Waals surface area contributed by atoms with Gasteiger partial charge in [-0.15, -0.1) is 0 Å². The summed E-state index contributed by atoms with van der Waals surface area (Å²) in [6.07, 6.45) is 6.67. The number of hydrogen-bond acceptors (Lipinski definition) is 13. The van der Waals surface area contributed by atoms with Crippen LogP contribution in [0.3, 0.4) is 0 Å². The molecule has 51 heavy (non-hydrogen) atoms. The number of benzene rings is 3. The van der Waals surface area contributed by atoms with Crippen LogP contribution in [0.25, 0.3) is 22.3 Å². The summed E-state index contributed by atoms with van der Waals surface area (Å²) < 4.78 is 39.5. The molecule has 0 aromatic heterocycles. The Balaban J connectivity index is 1.62. The van der Waals surface area contributed by atoms with Gasteiger partial charge in [-0.3, -0.25) is 4.79 Å². The van der Waals surface area contributed by atoms with Crippen LogP contribution in [0.2, 0.25) is 0 Å². The maximum Gasteiger partial charge on any atom is 0.336 e. The number of carbonyl (C=O) groups excluding carboxylic acids is 4. The molecule has 3 heterocycles. The fourth-order valence-electron chi connectivity index (χ4n) is 5.11. The Hall–Kier alpha value is -5.76. The van der Waals surface area contributed by atoms with Crippen LogP contribution in [0.5, 0.6) is 34.5 Å². The Kier molecular flexibility index (Phi) is 10.1. The third-order valence-corrected chi connectivity index (χ3v) is 8.03. The van der Waals surface area contributed by atoms with Crippen molar-refractivity contribution in [2.45, 2.75) is 64.3 Å². The summed E-state index contributed by atoms with van der Waals surface area (Å²) in [5.41, 5.74) is 0.120. The predicted octanol–water partition coefficient (Wildman–Crippen LogP) is 5.10. The molecule has 3 aromatic rings. The van der Waals surface area contributed by atoms with E-state index in [-0.39, 0.29) is 81.9 Å². The smallest absolute Gasteiger partial charge is 0.336 e. The zero-order valence-electron chi connectivity index (χ0n) is 27.9. The molecule has 13 heteroatoms. The van der Waals surface area contributed by atoms with E-state index in [1.807, 2.05) is 20.8 Å². The minimum absolute atomic E-state index is 0.0971. The molecule has 3 aliphatic heterocycles. The fourth-order valence-corrected chi connectivity index (χ4v) is 5.11. The van der Waals surface area contributed by atoms with E-state index in [0.29, 0.717) is 0 Å². The molecular formula is C38H34O13. The minimum Gasteiger partial charge on any atom is -0.508 e. The van der Waals surface area contributed by atoms with Crippen molar-refractivity contribution < 1.29 is 62.5 Å². The van der Waals surface area contributed by atoms with Gasteiger partial charge >= 0.3 is 23.9 Å². The van der Waals surface area contributed by atoms with Crippen LogP contribution in [0, 0.1) is 0 Å². The largest absolute Gasteiger partial charge is 0.508 e. The van der Waals surface area contributed by atoms with Crippen molar-refractivity contribution >= 4 is 23.9 Å². The lowest BCUT2D eigenvalue weighted by Gasteiger charge is -2.24. The van der Waals surface area contributed by atoms with Crippen molar-refractivity contribution in [3.05, 3.63) is 85.0 Å². The second kappa shape index (κ2) is 14.6. The quantitative estimate of drug-likeness (QED) is 0.110. The van der Waals surface area contributed by atoms with Crippen molar-refractivity contribution in [3.63, 3.8) is 0 Å². The molecule has 3 fully saturated rings. The first-order valence-electron chi connectivity index (χ1n) is 16.1. The zero-order valence-corrected chi connectivity index (χ0v) is 27.9. The second-order valence-corrected chi connectivity index (χ2v) is 12.0. The van der Waals surface area contributed by atoms with Gasteiger partial charge in [0.05, 0.1) is 29.4 Å². The fraction of sp³-hybridized carbons (Fsp3) is 0.263. The number of hydrogen-bond donors (Lipinski definition) is 2. The molecular weight excluding hydrogens is 664 g/mol. The number of epoxide rings is 3. The monoisotopic (exact) mass is 698 g/mol. The number of esters is 4. The number of phenols is 2. The Morgan fingerprint density at radius 3 is 1.06 bits per heavy atom. The van der Waals surface area contributed by atoms with Gasteiger partial charge in [-0.05, 0) is 74.4 Å². The highest BCUT2D eigenvalue weighted by Crippen LogP contribution is 2.57. The van der Waals surface area contributed by atoms with Crippen molar-refractivity contribution in [1.29, 1.82) is 0 Å². The molecule has 0 spiro atoms. The number of ether oxygens (including phenoxy) is 7. The van der Waals surface area contributed by atoms with Gasteiger partial charge in [0.2, 0.25) is 0 Å². The van der Waals surface area contributed by atoms with Crippen LogP contribution in [-0.4, -0.2) is 70.7 Å². The number of phenolic OH excluding ortho intramolecular Hbond substituents is 2. The van der Waals surface area contributed by atoms with Crippen LogP contribution in [0.4, 0.5) is 0 Å². The van der Waals surface area contributed by atoms with Crippen molar-refractivity contribution in [2.24, 2.45) is 0 Å². The SMILES string of the molecule is CC(=O)Oc1c(OC(=O)/C=C\[C@H]2O[C@H]2C)c(-c2ccc(O)cc2)c(OC(=O)/C=C\[C@H]2O[C@H]2C)c(OC(=O)/C=C\[C@H]2O[C@H]2C)c1-c1ccc(O)cc1. The van der Waals surface area contributed by atoms with E-state index in [0.717, 1.165) is 25.2 Å². The maximum absolute atomic E-state index is 13.5. The molecule has 0 radical (unpaired) electrons. The molecule has 0 saturated carbocycles. The lowest BCUT2D eigenvalue weighted by molar-refractivity contribution is -0.133. The molecule has 0 unspecified atom stereocenters. The maximum atomic E-state index is 13.5. The predicted molar refractivity (Wildman–Crippen MR) is 179 cm³/mol. The van der Waals surface area contributed by atoms with Crippen LogP contribution in [0.1, 0.15) is 27.7 Å². The average molecular weight is 699 g/mol. The summed E-state index contributed by atoms with van der Waals surface area (Å²) in [5, 5.41) is 20.2. The number of aromatic hydroxyl groups is 2. The third-order valence-electron chi connectivity index (χ3n) is 8.03. The van der Waals surface area contributed by atoms with Gasteiger partial charge in [0.15, 0.2) is 23.0 Å². The summed E-state index contributed by atoms with van der Waals surface area (Å²) >= 11 is 0. The molecule has 264 valence electrons. The average Bonchev–Trinajstić information content (AvgIpc) is 4.04. The Morgan fingerprint density at radius 2 is 0.804 bits per heavy atom. The number of rotatable bonds is 12. The molecule has 3 aliphatic rings. The molecule has 0 aliphatic carbocycles. The molecule has 0 amide bonds. The molecule has 13 nitrogen and oxygen atoms in total. The highest BCUT2D eigenvalue weighted by Gasteiger charge is 2.36. The lowest BCUT2D eigenvalue weighted by atomic mass is 9.94. The molecule has 3 saturated heterocycles. The van der Waals surface area contributed by atoms with E-state index in [1.54, 1.807) is 0 Å². The van der Waals surface area contributed by atoms with E-state index in [2.05, 4.69) is 0 Å². The van der Waals surface area contributed by atoms with Crippen LogP contribution >= 0.6 is 0 Å². The Labute approximate surface area is 292 Å². The zero-order chi connectivity index (χ0) is 36.4. The molecule has 2 N–H and O–H groups in total. The summed E-state index contributed by atoms with van der Waals surface area (Å²) in [5.74, 6) is -5.38. The molecule has 6 atom stereocenters. The van der Waals surface area contributed by atoms with Crippen LogP contribution in [-0.2, 0) is 33.4 Å². The van der Waals surface area contributed by atoms with Gasteiger partial charge in [0, 0.05) is 25.2 Å². The van der Waals surface area contributed by atoms with E-state index < -0.39 is 35.4 Å². The third kappa shape index (κ3) is 8.70. The molecule has 0 bridgehead atoms. The van der Waals surface area contributed by atoms with E-state index in [1.165, 1.54) is 66.8 Å². The van der Waals surface area contributed by atoms with Crippen LogP contribution < -0.4 is 18.9 Å². The summed E-state index contributed by atoms with van der Waals surface area (Å²) in [4.78, 5) is 53.0. The van der Waals surface area contributed by atoms with Crippen molar-refractivity contribution in [2.75, 3.05) is 0 Å². The molecule has 3 aromatic carbocycles. The molecule has 6 rings (SSSR count). The van der Waals surface area contributed by atoms with Gasteiger partial charge in [0.1, 0.15) is 29.8 Å². The van der Waals surface area contributed by atoms with E-state index in [9.17, 15) is 29.4 Å². The van der Waals surface area contributed by atoms with E-state index >= 15 is 0 Å². The highest BCUT2D eigenvalue weighted by atomic mass is 16.6. The van der Waals surface area contributed by atoms with Gasteiger partial charge in [-0.2, -0.15) is 0 Å². The van der Waals surface area contributed by atoms with Crippen LogP contribution in [0.15, 0.2) is 85.0 Å². The van der Waals surface area contributed by atoms with Gasteiger partial charge in [-0.1, -0.05) is 24.3 Å². The highest BCUT2D eigenvalue weighted by molar-refractivity contribution is 6.01. The number of carbonyl (C=O) groups is 4. The van der Waals surface area contributed by atoms with E-state index in [4.69, 9.17) is 33.2 Å². The Bertz CT molecular complexity index is 1940. The lowest BCUT2D eigenvalue weighted by Crippen LogP contribution is -2.16. The summed E-state index contributed by atoms with van der Waals surface area (Å²) in [7, 11) is 0.